The molecule has 2 rings (SSSR count). The molecule has 0 bridgehead atoms. The maximum atomic E-state index is 12.6. The number of hydrogen-bond donors (Lipinski definition) is 0. The van der Waals surface area contributed by atoms with Crippen molar-refractivity contribution in [2.45, 2.75) is 19.1 Å². The molecule has 114 valence electrons. The number of thiocarbonyl (C=S) groups is 1. The molecule has 1 unspecified atom stereocenters. The number of para-hydroxylation sites is 1. The van der Waals surface area contributed by atoms with Crippen LogP contribution < -0.4 is 5.01 Å². The van der Waals surface area contributed by atoms with Crippen LogP contribution in [0.25, 0.3) is 0 Å². The third kappa shape index (κ3) is 3.56. The highest BCUT2D eigenvalue weighted by Gasteiger charge is 2.40. The minimum Gasteiger partial charge on any atom is -0.302 e. The number of benzene rings is 1. The highest BCUT2D eigenvalue weighted by atomic mass is 32.2. The van der Waals surface area contributed by atoms with Gasteiger partial charge in [-0.2, -0.15) is 0 Å². The number of carbonyl (C=O) groups excluding carboxylic acids is 1. The minimum absolute atomic E-state index is 0.0725. The van der Waals surface area contributed by atoms with E-state index in [-0.39, 0.29) is 11.2 Å². The molecule has 1 fully saturated rings. The fourth-order valence-electron chi connectivity index (χ4n) is 2.31. The molecule has 1 aromatic carbocycles. The summed E-state index contributed by atoms with van der Waals surface area (Å²) in [6.07, 6.45) is 0. The van der Waals surface area contributed by atoms with Gasteiger partial charge in [0, 0.05) is 13.6 Å². The highest BCUT2D eigenvalue weighted by Crippen LogP contribution is 2.30. The number of hydrazine groups is 1. The zero-order chi connectivity index (χ0) is 15.4. The molecule has 1 heterocycles. The monoisotopic (exact) mass is 323 g/mol. The molecule has 1 amide bonds. The Kier molecular flexibility index (Phi) is 5.61. The van der Waals surface area contributed by atoms with Gasteiger partial charge in [0.05, 0.1) is 5.69 Å². The summed E-state index contributed by atoms with van der Waals surface area (Å²) in [5, 5.41) is 3.34. The lowest BCUT2D eigenvalue weighted by Crippen LogP contribution is -2.46. The molecule has 1 aliphatic rings. The summed E-state index contributed by atoms with van der Waals surface area (Å²) < 4.78 is 0.628. The third-order valence-electron chi connectivity index (χ3n) is 3.65. The smallest absolute Gasteiger partial charge is 0.261 e. The first-order chi connectivity index (χ1) is 10.1. The summed E-state index contributed by atoms with van der Waals surface area (Å²) in [6, 6.07) is 9.81. The number of nitrogens with zero attached hydrogens (tertiary/aromatic N) is 3. The molecular formula is C15H21N3OS2. The van der Waals surface area contributed by atoms with Gasteiger partial charge in [0.15, 0.2) is 4.32 Å². The number of rotatable bonds is 6. The van der Waals surface area contributed by atoms with Gasteiger partial charge in [-0.15, -0.1) is 0 Å². The van der Waals surface area contributed by atoms with Gasteiger partial charge in [-0.3, -0.25) is 9.80 Å². The fourth-order valence-corrected chi connectivity index (χ4v) is 3.91. The zero-order valence-corrected chi connectivity index (χ0v) is 14.3. The molecule has 0 saturated carbocycles. The molecule has 0 N–H and O–H groups in total. The molecule has 4 nitrogen and oxygen atoms in total. The van der Waals surface area contributed by atoms with Gasteiger partial charge in [-0.25, -0.2) is 5.01 Å². The predicted octanol–water partition coefficient (Wildman–Crippen LogP) is 2.61. The van der Waals surface area contributed by atoms with E-state index in [4.69, 9.17) is 12.2 Å². The van der Waals surface area contributed by atoms with E-state index in [0.29, 0.717) is 4.32 Å². The van der Waals surface area contributed by atoms with Crippen molar-refractivity contribution in [3.63, 3.8) is 0 Å². The molecule has 1 aromatic rings. The molecule has 1 atom stereocenters. The van der Waals surface area contributed by atoms with Gasteiger partial charge < -0.3 is 4.90 Å². The van der Waals surface area contributed by atoms with Crippen LogP contribution in [0, 0.1) is 0 Å². The van der Waals surface area contributed by atoms with Crippen LogP contribution in [0.1, 0.15) is 13.8 Å². The van der Waals surface area contributed by atoms with E-state index in [1.807, 2.05) is 42.4 Å². The Hall–Kier alpha value is -1.11. The van der Waals surface area contributed by atoms with Crippen LogP contribution >= 0.6 is 24.0 Å². The second kappa shape index (κ2) is 7.24. The number of thioether (sulfide) groups is 1. The van der Waals surface area contributed by atoms with E-state index in [9.17, 15) is 4.79 Å². The van der Waals surface area contributed by atoms with Crippen molar-refractivity contribution >= 4 is 39.9 Å². The second-order valence-electron chi connectivity index (χ2n) is 4.87. The van der Waals surface area contributed by atoms with Gasteiger partial charge in [-0.1, -0.05) is 56.0 Å². The molecule has 1 aliphatic heterocycles. The van der Waals surface area contributed by atoms with Gasteiger partial charge >= 0.3 is 0 Å². The van der Waals surface area contributed by atoms with Crippen LogP contribution in [0.2, 0.25) is 0 Å². The topological polar surface area (TPSA) is 26.8 Å². The van der Waals surface area contributed by atoms with E-state index < -0.39 is 0 Å². The first-order valence-corrected chi connectivity index (χ1v) is 8.42. The standard InChI is InChI=1S/C15H21N3OS2/c1-4-17(5-2)11-13-14(19)18(15(20)21-13)16(3)12-9-7-6-8-10-12/h6-10,13H,4-5,11H2,1-3H3. The normalized spacial score (nSPS) is 18.7. The molecule has 0 aromatic heterocycles. The Labute approximate surface area is 136 Å². The highest BCUT2D eigenvalue weighted by molar-refractivity contribution is 8.24. The van der Waals surface area contributed by atoms with Crippen molar-refractivity contribution in [2.24, 2.45) is 0 Å². The van der Waals surface area contributed by atoms with Crippen molar-refractivity contribution in [1.29, 1.82) is 0 Å². The van der Waals surface area contributed by atoms with Crippen LogP contribution in [0.3, 0.4) is 0 Å². The predicted molar refractivity (Wildman–Crippen MR) is 93.5 cm³/mol. The van der Waals surface area contributed by atoms with Crippen molar-refractivity contribution in [1.82, 2.24) is 9.91 Å². The summed E-state index contributed by atoms with van der Waals surface area (Å²) in [6.45, 7) is 6.86. The van der Waals surface area contributed by atoms with Gasteiger partial charge in [0.2, 0.25) is 0 Å². The minimum atomic E-state index is -0.108. The SMILES string of the molecule is CCN(CC)CC1SC(=S)N(N(C)c2ccccc2)C1=O. The first-order valence-electron chi connectivity index (χ1n) is 7.14. The Morgan fingerprint density at radius 1 is 1.24 bits per heavy atom. The zero-order valence-electron chi connectivity index (χ0n) is 12.7. The van der Waals surface area contributed by atoms with Crippen LogP contribution in [0.15, 0.2) is 30.3 Å². The lowest BCUT2D eigenvalue weighted by Gasteiger charge is -2.29. The van der Waals surface area contributed by atoms with Crippen molar-refractivity contribution in [3.05, 3.63) is 30.3 Å². The van der Waals surface area contributed by atoms with Crippen molar-refractivity contribution in [3.8, 4) is 0 Å². The summed E-state index contributed by atoms with van der Waals surface area (Å²) >= 11 is 6.89. The molecule has 6 heteroatoms. The van der Waals surface area contributed by atoms with E-state index in [1.54, 1.807) is 5.01 Å². The number of amides is 1. The molecule has 21 heavy (non-hydrogen) atoms. The lowest BCUT2D eigenvalue weighted by atomic mass is 10.3. The van der Waals surface area contributed by atoms with E-state index in [0.717, 1.165) is 25.3 Å². The van der Waals surface area contributed by atoms with E-state index >= 15 is 0 Å². The van der Waals surface area contributed by atoms with Crippen LogP contribution in [0.5, 0.6) is 0 Å². The summed E-state index contributed by atoms with van der Waals surface area (Å²) in [5.41, 5.74) is 0.956. The average molecular weight is 323 g/mol. The maximum Gasteiger partial charge on any atom is 0.261 e. The van der Waals surface area contributed by atoms with E-state index in [2.05, 4.69) is 18.7 Å². The average Bonchev–Trinajstić information content (AvgIpc) is 2.79. The quantitative estimate of drug-likeness (QED) is 0.750. The van der Waals surface area contributed by atoms with Crippen molar-refractivity contribution < 1.29 is 4.79 Å². The first kappa shape index (κ1) is 16.3. The Balaban J connectivity index is 2.11. The number of carbonyl (C=O) groups is 1. The molecule has 0 aliphatic carbocycles. The lowest BCUT2D eigenvalue weighted by molar-refractivity contribution is -0.126. The summed E-state index contributed by atoms with van der Waals surface area (Å²) in [4.78, 5) is 14.9. The molecule has 1 saturated heterocycles. The largest absolute Gasteiger partial charge is 0.302 e. The number of hydrogen-bond acceptors (Lipinski definition) is 5. The Morgan fingerprint density at radius 2 is 1.86 bits per heavy atom. The van der Waals surface area contributed by atoms with Gasteiger partial charge in [0.1, 0.15) is 5.25 Å². The van der Waals surface area contributed by atoms with Gasteiger partial charge in [0.25, 0.3) is 5.91 Å². The van der Waals surface area contributed by atoms with Crippen LogP contribution in [-0.2, 0) is 4.79 Å². The molecular weight excluding hydrogens is 302 g/mol. The second-order valence-corrected chi connectivity index (χ2v) is 6.70. The van der Waals surface area contributed by atoms with Crippen LogP contribution in [-0.4, -0.2) is 52.1 Å². The maximum absolute atomic E-state index is 12.6. The van der Waals surface area contributed by atoms with Gasteiger partial charge in [-0.05, 0) is 25.2 Å². The van der Waals surface area contributed by atoms with E-state index in [1.165, 1.54) is 11.8 Å². The Morgan fingerprint density at radius 3 is 2.43 bits per heavy atom. The third-order valence-corrected chi connectivity index (χ3v) is 5.12. The van der Waals surface area contributed by atoms with Crippen LogP contribution in [0.4, 0.5) is 5.69 Å². The fraction of sp³-hybridized carbons (Fsp3) is 0.467. The summed E-state index contributed by atoms with van der Waals surface area (Å²) in [7, 11) is 1.87. The Bertz CT molecular complexity index is 505. The summed E-state index contributed by atoms with van der Waals surface area (Å²) in [5.74, 6) is 0.0725. The van der Waals surface area contributed by atoms with Crippen molar-refractivity contribution in [2.75, 3.05) is 31.7 Å². The number of anilines is 1. The molecule has 0 radical (unpaired) electrons. The molecule has 0 spiro atoms.